The standard InChI is InChI=1S/C14H13BrN4O/c15-10-4-1-2-5-11(10)19-14(17)9(8-16)13(18-19)12-6-3-7-20-12/h1-2,4-5,12H,3,6-7,17H2/t12-/m1/s1. The van der Waals surface area contributed by atoms with E-state index in [1.54, 1.807) is 4.68 Å². The Morgan fingerprint density at radius 2 is 2.25 bits per heavy atom. The Balaban J connectivity index is 2.14. The second-order valence-electron chi connectivity index (χ2n) is 4.62. The Morgan fingerprint density at radius 1 is 1.45 bits per heavy atom. The van der Waals surface area contributed by atoms with Gasteiger partial charge in [0.05, 0.1) is 5.69 Å². The first-order valence-electron chi connectivity index (χ1n) is 6.37. The van der Waals surface area contributed by atoms with Crippen LogP contribution in [0.3, 0.4) is 0 Å². The number of hydrogen-bond donors (Lipinski definition) is 1. The molecule has 0 amide bonds. The van der Waals surface area contributed by atoms with Gasteiger partial charge in [-0.25, -0.2) is 4.68 Å². The van der Waals surface area contributed by atoms with Gasteiger partial charge in [-0.05, 0) is 40.9 Å². The molecule has 0 saturated carbocycles. The topological polar surface area (TPSA) is 76.9 Å². The van der Waals surface area contributed by atoms with Crippen molar-refractivity contribution in [3.8, 4) is 11.8 Å². The highest BCUT2D eigenvalue weighted by molar-refractivity contribution is 9.10. The zero-order chi connectivity index (χ0) is 14.1. The summed E-state index contributed by atoms with van der Waals surface area (Å²) in [7, 11) is 0. The van der Waals surface area contributed by atoms with Crippen molar-refractivity contribution < 1.29 is 4.74 Å². The SMILES string of the molecule is N#Cc1c([C@H]2CCCO2)nn(-c2ccccc2Br)c1N. The molecule has 102 valence electrons. The van der Waals surface area contributed by atoms with E-state index in [9.17, 15) is 5.26 Å². The van der Waals surface area contributed by atoms with Gasteiger partial charge in [0.1, 0.15) is 29.2 Å². The molecule has 1 fully saturated rings. The van der Waals surface area contributed by atoms with Gasteiger partial charge in [0, 0.05) is 11.1 Å². The lowest BCUT2D eigenvalue weighted by atomic mass is 10.1. The van der Waals surface area contributed by atoms with Crippen molar-refractivity contribution in [2.24, 2.45) is 0 Å². The Hall–Kier alpha value is -1.84. The number of anilines is 1. The van der Waals surface area contributed by atoms with Gasteiger partial charge in [0.15, 0.2) is 0 Å². The van der Waals surface area contributed by atoms with Crippen LogP contribution in [0.25, 0.3) is 5.69 Å². The normalized spacial score (nSPS) is 18.1. The fraction of sp³-hybridized carbons (Fsp3) is 0.286. The maximum atomic E-state index is 9.34. The predicted molar refractivity (Wildman–Crippen MR) is 78.3 cm³/mol. The van der Waals surface area contributed by atoms with E-state index in [0.717, 1.165) is 23.0 Å². The number of halogens is 1. The lowest BCUT2D eigenvalue weighted by Gasteiger charge is -2.06. The zero-order valence-electron chi connectivity index (χ0n) is 10.7. The van der Waals surface area contributed by atoms with Crippen molar-refractivity contribution in [3.05, 3.63) is 40.0 Å². The number of nitriles is 1. The molecular formula is C14H13BrN4O. The van der Waals surface area contributed by atoms with Crippen LogP contribution in [-0.2, 0) is 4.74 Å². The van der Waals surface area contributed by atoms with Crippen LogP contribution >= 0.6 is 15.9 Å². The van der Waals surface area contributed by atoms with Crippen molar-refractivity contribution in [2.45, 2.75) is 18.9 Å². The average molecular weight is 333 g/mol. The largest absolute Gasteiger partial charge is 0.382 e. The number of rotatable bonds is 2. The summed E-state index contributed by atoms with van der Waals surface area (Å²) < 4.78 is 8.09. The second kappa shape index (κ2) is 5.27. The molecular weight excluding hydrogens is 320 g/mol. The quantitative estimate of drug-likeness (QED) is 0.917. The molecule has 1 saturated heterocycles. The maximum absolute atomic E-state index is 9.34. The maximum Gasteiger partial charge on any atom is 0.145 e. The van der Waals surface area contributed by atoms with Crippen molar-refractivity contribution in [3.63, 3.8) is 0 Å². The van der Waals surface area contributed by atoms with Crippen molar-refractivity contribution >= 4 is 21.7 Å². The number of aromatic nitrogens is 2. The average Bonchev–Trinajstić information content (AvgIpc) is 3.07. The third kappa shape index (κ3) is 2.09. The lowest BCUT2D eigenvalue weighted by Crippen LogP contribution is -2.03. The van der Waals surface area contributed by atoms with Crippen LogP contribution in [-0.4, -0.2) is 16.4 Å². The Kier molecular flexibility index (Phi) is 3.47. The highest BCUT2D eigenvalue weighted by Crippen LogP contribution is 2.34. The molecule has 0 spiro atoms. The van der Waals surface area contributed by atoms with E-state index in [2.05, 4.69) is 27.1 Å². The number of nitrogen functional groups attached to an aromatic ring is 1. The molecule has 1 atom stereocenters. The number of nitrogens with zero attached hydrogens (tertiary/aromatic N) is 3. The second-order valence-corrected chi connectivity index (χ2v) is 5.48. The summed E-state index contributed by atoms with van der Waals surface area (Å²) >= 11 is 3.48. The molecule has 6 heteroatoms. The van der Waals surface area contributed by atoms with Gasteiger partial charge in [-0.15, -0.1) is 0 Å². The minimum atomic E-state index is -0.129. The monoisotopic (exact) mass is 332 g/mol. The van der Waals surface area contributed by atoms with Gasteiger partial charge in [-0.1, -0.05) is 12.1 Å². The highest BCUT2D eigenvalue weighted by atomic mass is 79.9. The highest BCUT2D eigenvalue weighted by Gasteiger charge is 2.27. The van der Waals surface area contributed by atoms with Gasteiger partial charge < -0.3 is 10.5 Å². The van der Waals surface area contributed by atoms with E-state index in [-0.39, 0.29) is 6.10 Å². The first-order chi connectivity index (χ1) is 9.72. The fourth-order valence-electron chi connectivity index (χ4n) is 2.39. The van der Waals surface area contributed by atoms with Gasteiger partial charge in [0.25, 0.3) is 0 Å². The van der Waals surface area contributed by atoms with Crippen LogP contribution in [0.5, 0.6) is 0 Å². The summed E-state index contributed by atoms with van der Waals surface area (Å²) in [6, 6.07) is 9.77. The van der Waals surface area contributed by atoms with Gasteiger partial charge in [-0.3, -0.25) is 0 Å². The van der Waals surface area contributed by atoms with E-state index >= 15 is 0 Å². The molecule has 0 aliphatic carbocycles. The Labute approximate surface area is 125 Å². The van der Waals surface area contributed by atoms with Crippen LogP contribution in [0, 0.1) is 11.3 Å². The summed E-state index contributed by atoms with van der Waals surface area (Å²) in [6.45, 7) is 0.706. The Morgan fingerprint density at radius 3 is 2.90 bits per heavy atom. The molecule has 1 aliphatic heterocycles. The lowest BCUT2D eigenvalue weighted by molar-refractivity contribution is 0.108. The number of para-hydroxylation sites is 1. The molecule has 1 aromatic carbocycles. The van der Waals surface area contributed by atoms with Crippen molar-refractivity contribution in [1.82, 2.24) is 9.78 Å². The van der Waals surface area contributed by atoms with Crippen molar-refractivity contribution in [1.29, 1.82) is 5.26 Å². The minimum Gasteiger partial charge on any atom is -0.382 e. The first kappa shape index (κ1) is 13.2. The predicted octanol–water partition coefficient (Wildman–Crippen LogP) is 2.94. The number of ether oxygens (including phenoxy) is 1. The number of nitrogens with two attached hydrogens (primary N) is 1. The zero-order valence-corrected chi connectivity index (χ0v) is 12.3. The summed E-state index contributed by atoms with van der Waals surface area (Å²) in [4.78, 5) is 0. The first-order valence-corrected chi connectivity index (χ1v) is 7.16. The third-order valence-electron chi connectivity index (χ3n) is 3.38. The molecule has 2 aromatic rings. The van der Waals surface area contributed by atoms with E-state index in [1.165, 1.54) is 0 Å². The van der Waals surface area contributed by atoms with E-state index in [0.29, 0.717) is 23.7 Å². The van der Waals surface area contributed by atoms with Crippen LogP contribution in [0.1, 0.15) is 30.2 Å². The van der Waals surface area contributed by atoms with Crippen LogP contribution < -0.4 is 5.73 Å². The number of hydrogen-bond acceptors (Lipinski definition) is 4. The van der Waals surface area contributed by atoms with Crippen molar-refractivity contribution in [2.75, 3.05) is 12.3 Å². The molecule has 3 rings (SSSR count). The molecule has 1 aromatic heterocycles. The summed E-state index contributed by atoms with van der Waals surface area (Å²) in [6.07, 6.45) is 1.73. The molecule has 2 N–H and O–H groups in total. The molecule has 0 radical (unpaired) electrons. The van der Waals surface area contributed by atoms with E-state index < -0.39 is 0 Å². The molecule has 2 heterocycles. The Bertz CT molecular complexity index is 683. The van der Waals surface area contributed by atoms with Gasteiger partial charge in [0.2, 0.25) is 0 Å². The molecule has 0 bridgehead atoms. The summed E-state index contributed by atoms with van der Waals surface area (Å²) in [5, 5.41) is 13.8. The third-order valence-corrected chi connectivity index (χ3v) is 4.05. The molecule has 0 unspecified atom stereocenters. The molecule has 20 heavy (non-hydrogen) atoms. The van der Waals surface area contributed by atoms with E-state index in [1.807, 2.05) is 24.3 Å². The smallest absolute Gasteiger partial charge is 0.145 e. The van der Waals surface area contributed by atoms with Gasteiger partial charge in [-0.2, -0.15) is 10.4 Å². The van der Waals surface area contributed by atoms with Crippen LogP contribution in [0.4, 0.5) is 5.82 Å². The molecule has 5 nitrogen and oxygen atoms in total. The minimum absolute atomic E-state index is 0.129. The van der Waals surface area contributed by atoms with Crippen LogP contribution in [0.15, 0.2) is 28.7 Å². The summed E-state index contributed by atoms with van der Waals surface area (Å²) in [5.41, 5.74) is 7.94. The van der Waals surface area contributed by atoms with Gasteiger partial charge >= 0.3 is 0 Å². The summed E-state index contributed by atoms with van der Waals surface area (Å²) in [5.74, 6) is 0.352. The fourth-order valence-corrected chi connectivity index (χ4v) is 2.84. The van der Waals surface area contributed by atoms with E-state index in [4.69, 9.17) is 10.5 Å². The molecule has 1 aliphatic rings. The van der Waals surface area contributed by atoms with Crippen LogP contribution in [0.2, 0.25) is 0 Å². The number of benzene rings is 1.